The van der Waals surface area contributed by atoms with Gasteiger partial charge in [-0.05, 0) is 24.6 Å². The van der Waals surface area contributed by atoms with Crippen molar-refractivity contribution in [1.82, 2.24) is 4.90 Å². The van der Waals surface area contributed by atoms with Gasteiger partial charge in [-0.15, -0.1) is 11.8 Å². The van der Waals surface area contributed by atoms with E-state index in [1.165, 1.54) is 28.8 Å². The molecule has 1 aliphatic heterocycles. The molecule has 0 radical (unpaired) electrons. The van der Waals surface area contributed by atoms with Gasteiger partial charge in [0.1, 0.15) is 0 Å². The second-order valence-corrected chi connectivity index (χ2v) is 5.80. The molecule has 1 heterocycles. The third kappa shape index (κ3) is 3.01. The van der Waals surface area contributed by atoms with Gasteiger partial charge >= 0.3 is 5.97 Å². The molecule has 1 aromatic carbocycles. The lowest BCUT2D eigenvalue weighted by Gasteiger charge is -2.13. The molecule has 5 nitrogen and oxygen atoms in total. The predicted molar refractivity (Wildman–Crippen MR) is 74.7 cm³/mol. The summed E-state index contributed by atoms with van der Waals surface area (Å²) in [6.45, 7) is 2.36. The summed E-state index contributed by atoms with van der Waals surface area (Å²) in [5.41, 5.74) is 0.178. The van der Waals surface area contributed by atoms with Crippen molar-refractivity contribution in [3.8, 4) is 0 Å². The number of imide groups is 1. The van der Waals surface area contributed by atoms with Crippen LogP contribution in [0.4, 0.5) is 0 Å². The minimum absolute atomic E-state index is 0.149. The molecule has 0 bridgehead atoms. The van der Waals surface area contributed by atoms with Crippen LogP contribution in [-0.2, 0) is 9.59 Å². The number of rotatable bonds is 5. The van der Waals surface area contributed by atoms with Gasteiger partial charge in [0.2, 0.25) is 11.8 Å². The van der Waals surface area contributed by atoms with Crippen molar-refractivity contribution < 1.29 is 19.5 Å². The van der Waals surface area contributed by atoms with Crippen molar-refractivity contribution in [2.75, 3.05) is 6.54 Å². The standard InChI is InChI=1S/C14H15NO4S/c1-2-6-15-12(16)8-11(13(15)17)20-10-5-3-4-9(7-10)14(18)19/h3-5,7,11H,2,6,8H2,1H3,(H,18,19). The third-order valence-corrected chi connectivity index (χ3v) is 4.19. The average molecular weight is 293 g/mol. The molecule has 2 amide bonds. The Kier molecular flexibility index (Phi) is 4.44. The molecule has 0 aromatic heterocycles. The maximum absolute atomic E-state index is 12.1. The molecule has 6 heteroatoms. The summed E-state index contributed by atoms with van der Waals surface area (Å²) in [5, 5.41) is 8.49. The van der Waals surface area contributed by atoms with E-state index in [0.717, 1.165) is 6.42 Å². The Morgan fingerprint density at radius 3 is 2.85 bits per heavy atom. The Morgan fingerprint density at radius 2 is 2.20 bits per heavy atom. The van der Waals surface area contributed by atoms with Crippen LogP contribution in [0.3, 0.4) is 0 Å². The highest BCUT2D eigenvalue weighted by Gasteiger charge is 2.38. The number of nitrogens with zero attached hydrogens (tertiary/aromatic N) is 1. The summed E-state index contributed by atoms with van der Waals surface area (Å²) >= 11 is 1.25. The SMILES string of the molecule is CCCN1C(=O)CC(Sc2cccc(C(=O)O)c2)C1=O. The van der Waals surface area contributed by atoms with E-state index in [0.29, 0.717) is 11.4 Å². The Hall–Kier alpha value is -1.82. The van der Waals surface area contributed by atoms with Gasteiger partial charge in [0.15, 0.2) is 0 Å². The molecular formula is C14H15NO4S. The van der Waals surface area contributed by atoms with Crippen molar-refractivity contribution in [1.29, 1.82) is 0 Å². The van der Waals surface area contributed by atoms with Crippen LogP contribution in [0.25, 0.3) is 0 Å². The maximum Gasteiger partial charge on any atom is 0.335 e. The molecule has 1 aliphatic rings. The van der Waals surface area contributed by atoms with E-state index in [1.54, 1.807) is 12.1 Å². The topological polar surface area (TPSA) is 74.7 Å². The van der Waals surface area contributed by atoms with Crippen LogP contribution >= 0.6 is 11.8 Å². The molecule has 1 fully saturated rings. The number of hydrogen-bond donors (Lipinski definition) is 1. The molecule has 1 saturated heterocycles. The number of aromatic carboxylic acids is 1. The van der Waals surface area contributed by atoms with E-state index >= 15 is 0 Å². The monoisotopic (exact) mass is 293 g/mol. The van der Waals surface area contributed by atoms with E-state index in [9.17, 15) is 14.4 Å². The Morgan fingerprint density at radius 1 is 1.45 bits per heavy atom. The van der Waals surface area contributed by atoms with Gasteiger partial charge in [-0.2, -0.15) is 0 Å². The molecule has 2 rings (SSSR count). The van der Waals surface area contributed by atoms with Crippen LogP contribution < -0.4 is 0 Å². The summed E-state index contributed by atoms with van der Waals surface area (Å²) < 4.78 is 0. The largest absolute Gasteiger partial charge is 0.478 e. The number of carboxylic acids is 1. The van der Waals surface area contributed by atoms with E-state index in [1.807, 2.05) is 6.92 Å². The zero-order valence-corrected chi connectivity index (χ0v) is 11.9. The second-order valence-electron chi connectivity index (χ2n) is 4.53. The molecule has 1 unspecified atom stereocenters. The van der Waals surface area contributed by atoms with Crippen molar-refractivity contribution in [2.24, 2.45) is 0 Å². The fourth-order valence-corrected chi connectivity index (χ4v) is 3.20. The van der Waals surface area contributed by atoms with E-state index in [-0.39, 0.29) is 23.8 Å². The summed E-state index contributed by atoms with van der Waals surface area (Å²) in [5.74, 6) is -1.33. The van der Waals surface area contributed by atoms with Crippen LogP contribution in [0.5, 0.6) is 0 Å². The Balaban J connectivity index is 2.11. The smallest absolute Gasteiger partial charge is 0.335 e. The lowest BCUT2D eigenvalue weighted by Crippen LogP contribution is -2.31. The fourth-order valence-electron chi connectivity index (χ4n) is 2.07. The first-order valence-corrected chi connectivity index (χ1v) is 7.25. The van der Waals surface area contributed by atoms with Crippen molar-refractivity contribution in [2.45, 2.75) is 29.9 Å². The molecule has 0 spiro atoms. The van der Waals surface area contributed by atoms with Crippen LogP contribution in [0.15, 0.2) is 29.2 Å². The van der Waals surface area contributed by atoms with Crippen molar-refractivity contribution >= 4 is 29.5 Å². The highest BCUT2D eigenvalue weighted by molar-refractivity contribution is 8.00. The fraction of sp³-hybridized carbons (Fsp3) is 0.357. The predicted octanol–water partition coefficient (Wildman–Crippen LogP) is 2.01. The number of carbonyl (C=O) groups excluding carboxylic acids is 2. The second kappa shape index (κ2) is 6.09. The van der Waals surface area contributed by atoms with E-state index in [2.05, 4.69) is 0 Å². The minimum atomic E-state index is -1.01. The molecule has 0 aliphatic carbocycles. The molecule has 20 heavy (non-hydrogen) atoms. The van der Waals surface area contributed by atoms with Gasteiger partial charge in [0, 0.05) is 17.9 Å². The van der Waals surface area contributed by atoms with Gasteiger partial charge in [-0.25, -0.2) is 4.79 Å². The quantitative estimate of drug-likeness (QED) is 0.841. The van der Waals surface area contributed by atoms with Crippen LogP contribution in [0.1, 0.15) is 30.1 Å². The Labute approximate surface area is 121 Å². The number of carbonyl (C=O) groups is 3. The lowest BCUT2D eigenvalue weighted by molar-refractivity contribution is -0.138. The summed E-state index contributed by atoms with van der Waals surface area (Å²) in [6, 6.07) is 6.40. The summed E-state index contributed by atoms with van der Waals surface area (Å²) in [7, 11) is 0. The van der Waals surface area contributed by atoms with Crippen LogP contribution in [0, 0.1) is 0 Å². The van der Waals surface area contributed by atoms with Gasteiger partial charge in [-0.1, -0.05) is 13.0 Å². The van der Waals surface area contributed by atoms with E-state index in [4.69, 9.17) is 5.11 Å². The molecule has 1 aromatic rings. The first-order chi connectivity index (χ1) is 9.52. The first-order valence-electron chi connectivity index (χ1n) is 6.37. The van der Waals surface area contributed by atoms with Crippen molar-refractivity contribution in [3.63, 3.8) is 0 Å². The van der Waals surface area contributed by atoms with E-state index < -0.39 is 11.2 Å². The number of benzene rings is 1. The highest BCUT2D eigenvalue weighted by atomic mass is 32.2. The third-order valence-electron chi connectivity index (χ3n) is 3.01. The number of amides is 2. The van der Waals surface area contributed by atoms with Gasteiger partial charge in [0.05, 0.1) is 10.8 Å². The number of thioether (sulfide) groups is 1. The molecule has 0 saturated carbocycles. The normalized spacial score (nSPS) is 18.6. The molecule has 106 valence electrons. The number of likely N-dealkylation sites (tertiary alicyclic amines) is 1. The molecular weight excluding hydrogens is 278 g/mol. The number of hydrogen-bond acceptors (Lipinski definition) is 4. The zero-order valence-electron chi connectivity index (χ0n) is 11.0. The molecule has 1 atom stereocenters. The van der Waals surface area contributed by atoms with Crippen LogP contribution in [0.2, 0.25) is 0 Å². The van der Waals surface area contributed by atoms with Gasteiger partial charge in [0.25, 0.3) is 0 Å². The van der Waals surface area contributed by atoms with Crippen molar-refractivity contribution in [3.05, 3.63) is 29.8 Å². The number of carboxylic acid groups (broad SMARTS) is 1. The molecule has 1 N–H and O–H groups in total. The van der Waals surface area contributed by atoms with Gasteiger partial charge < -0.3 is 5.11 Å². The lowest BCUT2D eigenvalue weighted by atomic mass is 10.2. The zero-order chi connectivity index (χ0) is 14.7. The first kappa shape index (κ1) is 14.6. The Bertz CT molecular complexity index is 558. The average Bonchev–Trinajstić information content (AvgIpc) is 2.67. The summed E-state index contributed by atoms with van der Waals surface area (Å²) in [4.78, 5) is 36.7. The minimum Gasteiger partial charge on any atom is -0.478 e. The summed E-state index contributed by atoms with van der Waals surface area (Å²) in [6.07, 6.45) is 0.921. The van der Waals surface area contributed by atoms with Crippen LogP contribution in [-0.4, -0.2) is 39.6 Å². The highest BCUT2D eigenvalue weighted by Crippen LogP contribution is 2.31. The maximum atomic E-state index is 12.1. The van der Waals surface area contributed by atoms with Gasteiger partial charge in [-0.3, -0.25) is 14.5 Å².